The molecule has 0 aromatic heterocycles. The van der Waals surface area contributed by atoms with Gasteiger partial charge < -0.3 is 10.6 Å². The summed E-state index contributed by atoms with van der Waals surface area (Å²) in [6.07, 6.45) is -0.354. The van der Waals surface area contributed by atoms with Crippen molar-refractivity contribution < 1.29 is 4.79 Å². The molecular formula is C14H10Cl2N2O. The second-order valence-corrected chi connectivity index (χ2v) is 5.11. The number of hydrogen-bond donors (Lipinski definition) is 2. The van der Waals surface area contributed by atoms with Crippen molar-refractivity contribution in [2.75, 3.05) is 5.32 Å². The highest BCUT2D eigenvalue weighted by atomic mass is 35.5. The molecule has 1 amide bonds. The molecule has 1 heterocycles. The minimum atomic E-state index is -0.354. The van der Waals surface area contributed by atoms with Crippen molar-refractivity contribution >= 4 is 34.8 Å². The summed E-state index contributed by atoms with van der Waals surface area (Å²) < 4.78 is 0. The van der Waals surface area contributed by atoms with Crippen LogP contribution in [0.15, 0.2) is 42.5 Å². The summed E-state index contributed by atoms with van der Waals surface area (Å²) in [5.74, 6) is -0.120. The molecule has 0 aliphatic carbocycles. The van der Waals surface area contributed by atoms with E-state index in [-0.39, 0.29) is 12.1 Å². The molecule has 2 aromatic carbocycles. The lowest BCUT2D eigenvalue weighted by Gasteiger charge is -2.28. The monoisotopic (exact) mass is 292 g/mol. The van der Waals surface area contributed by atoms with Gasteiger partial charge in [-0.25, -0.2) is 0 Å². The summed E-state index contributed by atoms with van der Waals surface area (Å²) >= 11 is 12.0. The third kappa shape index (κ3) is 2.27. The topological polar surface area (TPSA) is 41.1 Å². The summed E-state index contributed by atoms with van der Waals surface area (Å²) in [6.45, 7) is 0. The van der Waals surface area contributed by atoms with Gasteiger partial charge in [0.05, 0.1) is 5.56 Å². The maximum Gasteiger partial charge on any atom is 0.255 e. The highest BCUT2D eigenvalue weighted by Gasteiger charge is 2.25. The predicted molar refractivity (Wildman–Crippen MR) is 76.7 cm³/mol. The van der Waals surface area contributed by atoms with Crippen LogP contribution in [0.1, 0.15) is 22.1 Å². The van der Waals surface area contributed by atoms with E-state index >= 15 is 0 Å². The number of carbonyl (C=O) groups is 1. The van der Waals surface area contributed by atoms with E-state index in [0.29, 0.717) is 15.6 Å². The molecule has 0 saturated heterocycles. The second-order valence-electron chi connectivity index (χ2n) is 4.26. The Morgan fingerprint density at radius 1 is 1.00 bits per heavy atom. The Hall–Kier alpha value is -1.71. The molecule has 2 aromatic rings. The quantitative estimate of drug-likeness (QED) is 0.838. The molecule has 0 saturated carbocycles. The van der Waals surface area contributed by atoms with Gasteiger partial charge in [0.15, 0.2) is 0 Å². The van der Waals surface area contributed by atoms with Gasteiger partial charge in [-0.05, 0) is 24.3 Å². The predicted octanol–water partition coefficient (Wildman–Crippen LogP) is 3.85. The van der Waals surface area contributed by atoms with Crippen molar-refractivity contribution in [3.8, 4) is 0 Å². The molecule has 1 atom stereocenters. The van der Waals surface area contributed by atoms with Crippen molar-refractivity contribution in [1.29, 1.82) is 0 Å². The van der Waals surface area contributed by atoms with E-state index in [1.807, 2.05) is 18.2 Å². The molecule has 0 fully saturated rings. The number of rotatable bonds is 1. The molecule has 2 N–H and O–H groups in total. The number of hydrogen-bond acceptors (Lipinski definition) is 2. The first-order valence-corrected chi connectivity index (χ1v) is 6.52. The van der Waals surface area contributed by atoms with Crippen molar-refractivity contribution in [2.24, 2.45) is 0 Å². The third-order valence-electron chi connectivity index (χ3n) is 3.02. The highest BCUT2D eigenvalue weighted by molar-refractivity contribution is 6.35. The molecule has 3 rings (SSSR count). The fourth-order valence-corrected chi connectivity index (χ4v) is 2.62. The van der Waals surface area contributed by atoms with Crippen LogP contribution in [0, 0.1) is 0 Å². The first kappa shape index (κ1) is 12.3. The zero-order valence-corrected chi connectivity index (χ0v) is 11.3. The van der Waals surface area contributed by atoms with E-state index in [4.69, 9.17) is 23.2 Å². The van der Waals surface area contributed by atoms with Gasteiger partial charge in [0, 0.05) is 21.3 Å². The van der Waals surface area contributed by atoms with Crippen LogP contribution in [-0.4, -0.2) is 5.91 Å². The summed E-state index contributed by atoms with van der Waals surface area (Å²) in [5.41, 5.74) is 2.21. The summed E-state index contributed by atoms with van der Waals surface area (Å²) in [4.78, 5) is 12.0. The number of carbonyl (C=O) groups excluding carboxylic acids is 1. The number of nitrogens with one attached hydrogen (secondary N) is 2. The van der Waals surface area contributed by atoms with Crippen molar-refractivity contribution in [1.82, 2.24) is 5.32 Å². The van der Waals surface area contributed by atoms with Crippen LogP contribution in [0.4, 0.5) is 5.69 Å². The Kier molecular flexibility index (Phi) is 3.09. The van der Waals surface area contributed by atoms with Crippen LogP contribution in [0.2, 0.25) is 10.0 Å². The van der Waals surface area contributed by atoms with Gasteiger partial charge in [-0.3, -0.25) is 4.79 Å². The van der Waals surface area contributed by atoms with E-state index in [1.165, 1.54) is 0 Å². The number of fused-ring (bicyclic) bond motifs is 1. The lowest BCUT2D eigenvalue weighted by Crippen LogP contribution is -2.38. The van der Waals surface area contributed by atoms with Gasteiger partial charge in [0.1, 0.15) is 6.17 Å². The number of halogens is 2. The third-order valence-corrected chi connectivity index (χ3v) is 3.58. The average molecular weight is 293 g/mol. The van der Waals surface area contributed by atoms with Gasteiger partial charge in [-0.1, -0.05) is 41.4 Å². The minimum Gasteiger partial charge on any atom is -0.361 e. The van der Waals surface area contributed by atoms with Crippen LogP contribution < -0.4 is 10.6 Å². The van der Waals surface area contributed by atoms with Crippen molar-refractivity contribution in [3.63, 3.8) is 0 Å². The van der Waals surface area contributed by atoms with Crippen LogP contribution in [-0.2, 0) is 0 Å². The SMILES string of the molecule is O=C1NC(c2ccc(Cl)cc2Cl)Nc2ccccc21. The highest BCUT2D eigenvalue weighted by Crippen LogP contribution is 2.31. The maximum atomic E-state index is 12.0. The van der Waals surface area contributed by atoms with E-state index < -0.39 is 0 Å². The molecule has 0 spiro atoms. The minimum absolute atomic E-state index is 0.120. The molecule has 1 aliphatic heterocycles. The molecule has 3 nitrogen and oxygen atoms in total. The lowest BCUT2D eigenvalue weighted by molar-refractivity contribution is 0.0936. The second kappa shape index (κ2) is 4.76. The molecule has 19 heavy (non-hydrogen) atoms. The summed E-state index contributed by atoms with van der Waals surface area (Å²) in [6, 6.07) is 12.6. The Balaban J connectivity index is 1.99. The van der Waals surface area contributed by atoms with E-state index in [2.05, 4.69) is 10.6 Å². The molecule has 0 bridgehead atoms. The Bertz CT molecular complexity index is 658. The smallest absolute Gasteiger partial charge is 0.255 e. The Morgan fingerprint density at radius 2 is 1.79 bits per heavy atom. The van der Waals surface area contributed by atoms with E-state index in [0.717, 1.165) is 11.3 Å². The number of anilines is 1. The van der Waals surface area contributed by atoms with Gasteiger partial charge >= 0.3 is 0 Å². The van der Waals surface area contributed by atoms with Gasteiger partial charge in [0.25, 0.3) is 5.91 Å². The Morgan fingerprint density at radius 3 is 2.58 bits per heavy atom. The lowest BCUT2D eigenvalue weighted by atomic mass is 10.1. The largest absolute Gasteiger partial charge is 0.361 e. The molecule has 96 valence electrons. The number of benzene rings is 2. The molecule has 5 heteroatoms. The zero-order chi connectivity index (χ0) is 13.4. The van der Waals surface area contributed by atoms with Gasteiger partial charge in [-0.2, -0.15) is 0 Å². The van der Waals surface area contributed by atoms with Crippen LogP contribution >= 0.6 is 23.2 Å². The first-order valence-electron chi connectivity index (χ1n) is 5.76. The number of amides is 1. The van der Waals surface area contributed by atoms with Gasteiger partial charge in [-0.15, -0.1) is 0 Å². The molecule has 1 unspecified atom stereocenters. The van der Waals surface area contributed by atoms with E-state index in [9.17, 15) is 4.79 Å². The molecule has 1 aliphatic rings. The van der Waals surface area contributed by atoms with Crippen molar-refractivity contribution in [3.05, 3.63) is 63.6 Å². The first-order chi connectivity index (χ1) is 9.15. The Labute approximate surface area is 120 Å². The maximum absolute atomic E-state index is 12.0. The van der Waals surface area contributed by atoms with E-state index in [1.54, 1.807) is 24.3 Å². The standard InChI is InChI=1S/C14H10Cl2N2O/c15-8-5-6-9(11(16)7-8)13-17-12-4-2-1-3-10(12)14(19)18-13/h1-7,13,17H,(H,18,19). The average Bonchev–Trinajstić information content (AvgIpc) is 2.38. The van der Waals surface area contributed by atoms with Crippen molar-refractivity contribution in [2.45, 2.75) is 6.17 Å². The zero-order valence-electron chi connectivity index (χ0n) is 9.78. The molecular weight excluding hydrogens is 283 g/mol. The van der Waals surface area contributed by atoms with Crippen LogP contribution in [0.5, 0.6) is 0 Å². The fraction of sp³-hybridized carbons (Fsp3) is 0.0714. The fourth-order valence-electron chi connectivity index (χ4n) is 2.10. The van der Waals surface area contributed by atoms with Crippen LogP contribution in [0.3, 0.4) is 0 Å². The van der Waals surface area contributed by atoms with Gasteiger partial charge in [0.2, 0.25) is 0 Å². The summed E-state index contributed by atoms with van der Waals surface area (Å²) in [7, 11) is 0. The molecule has 0 radical (unpaired) electrons. The normalized spacial score (nSPS) is 17.4. The number of para-hydroxylation sites is 1. The summed E-state index contributed by atoms with van der Waals surface area (Å²) in [5, 5.41) is 7.20. The van der Waals surface area contributed by atoms with Crippen LogP contribution in [0.25, 0.3) is 0 Å².